The van der Waals surface area contributed by atoms with E-state index in [9.17, 15) is 5.11 Å². The first kappa shape index (κ1) is 14.7. The molecule has 0 radical (unpaired) electrons. The number of likely N-dealkylation sites (N-methyl/N-ethyl adjacent to an activating group) is 1. The van der Waals surface area contributed by atoms with Crippen LogP contribution in [0.5, 0.6) is 0 Å². The van der Waals surface area contributed by atoms with Crippen LogP contribution in [0, 0.1) is 13.8 Å². The Morgan fingerprint density at radius 3 is 2.50 bits per heavy atom. The Morgan fingerprint density at radius 2 is 1.94 bits per heavy atom. The number of aromatic nitrogens is 2. The van der Waals surface area contributed by atoms with Crippen molar-refractivity contribution in [1.82, 2.24) is 14.9 Å². The summed E-state index contributed by atoms with van der Waals surface area (Å²) in [5.74, 6) is 1.77. The van der Waals surface area contributed by atoms with E-state index in [4.69, 9.17) is 5.73 Å². The molecule has 4 N–H and O–H groups in total. The van der Waals surface area contributed by atoms with E-state index in [1.54, 1.807) is 13.8 Å². The molecule has 6 nitrogen and oxygen atoms in total. The average molecular weight is 253 g/mol. The van der Waals surface area contributed by atoms with Crippen molar-refractivity contribution in [3.63, 3.8) is 0 Å². The number of aryl methyl sites for hydroxylation is 1. The fourth-order valence-corrected chi connectivity index (χ4v) is 1.83. The highest BCUT2D eigenvalue weighted by molar-refractivity contribution is 5.54. The molecule has 1 aromatic rings. The van der Waals surface area contributed by atoms with Gasteiger partial charge in [0.25, 0.3) is 0 Å². The van der Waals surface area contributed by atoms with Gasteiger partial charge >= 0.3 is 0 Å². The lowest BCUT2D eigenvalue weighted by molar-refractivity contribution is 0.0459. The van der Waals surface area contributed by atoms with Gasteiger partial charge in [0.15, 0.2) is 0 Å². The lowest BCUT2D eigenvalue weighted by Gasteiger charge is -2.27. The van der Waals surface area contributed by atoms with Gasteiger partial charge in [-0.05, 0) is 34.9 Å². The zero-order chi connectivity index (χ0) is 13.9. The highest BCUT2D eigenvalue weighted by Gasteiger charge is 2.21. The van der Waals surface area contributed by atoms with Crippen LogP contribution in [-0.4, -0.2) is 52.8 Å². The summed E-state index contributed by atoms with van der Waals surface area (Å²) in [5, 5.41) is 13.3. The molecule has 6 heteroatoms. The predicted octanol–water partition coefficient (Wildman–Crippen LogP) is 0.400. The van der Waals surface area contributed by atoms with Crippen molar-refractivity contribution in [2.45, 2.75) is 26.4 Å². The van der Waals surface area contributed by atoms with Crippen LogP contribution in [0.1, 0.15) is 18.3 Å². The molecule has 0 saturated heterocycles. The van der Waals surface area contributed by atoms with E-state index in [-0.39, 0.29) is 0 Å². The van der Waals surface area contributed by atoms with Crippen LogP contribution < -0.4 is 11.1 Å². The maximum Gasteiger partial charge on any atom is 0.134 e. The van der Waals surface area contributed by atoms with Gasteiger partial charge in [0.2, 0.25) is 0 Å². The second kappa shape index (κ2) is 5.49. The Bertz CT molecular complexity index is 417. The smallest absolute Gasteiger partial charge is 0.134 e. The largest absolute Gasteiger partial charge is 0.387 e. The average Bonchev–Trinajstić information content (AvgIpc) is 2.19. The van der Waals surface area contributed by atoms with Crippen LogP contribution in [0.25, 0.3) is 0 Å². The standard InChI is InChI=1S/C12H23N5O/c1-8-10(13)15-9(2)16-11(8)14-6-12(3,18)7-17(4)5/h18H,6-7H2,1-5H3,(H3,13,14,15,16). The van der Waals surface area contributed by atoms with Gasteiger partial charge in [-0.3, -0.25) is 0 Å². The highest BCUT2D eigenvalue weighted by Crippen LogP contribution is 2.17. The summed E-state index contributed by atoms with van der Waals surface area (Å²) in [6, 6.07) is 0. The number of hydrogen-bond donors (Lipinski definition) is 3. The van der Waals surface area contributed by atoms with E-state index < -0.39 is 5.60 Å². The van der Waals surface area contributed by atoms with Crippen LogP contribution >= 0.6 is 0 Å². The molecular weight excluding hydrogens is 230 g/mol. The third-order valence-corrected chi connectivity index (χ3v) is 2.59. The summed E-state index contributed by atoms with van der Waals surface area (Å²) in [6.07, 6.45) is 0. The van der Waals surface area contributed by atoms with Crippen LogP contribution in [-0.2, 0) is 0 Å². The topological polar surface area (TPSA) is 87.3 Å². The zero-order valence-corrected chi connectivity index (χ0v) is 11.8. The molecule has 0 aromatic carbocycles. The summed E-state index contributed by atoms with van der Waals surface area (Å²) in [4.78, 5) is 10.3. The van der Waals surface area contributed by atoms with Gasteiger partial charge in [0.1, 0.15) is 17.5 Å². The van der Waals surface area contributed by atoms with Crippen LogP contribution in [0.15, 0.2) is 0 Å². The molecule has 18 heavy (non-hydrogen) atoms. The van der Waals surface area contributed by atoms with Gasteiger partial charge in [-0.15, -0.1) is 0 Å². The summed E-state index contributed by atoms with van der Waals surface area (Å²) >= 11 is 0. The van der Waals surface area contributed by atoms with Gasteiger partial charge in [-0.1, -0.05) is 0 Å². The number of nitrogens with two attached hydrogens (primary N) is 1. The van der Waals surface area contributed by atoms with Crippen LogP contribution in [0.4, 0.5) is 11.6 Å². The Hall–Kier alpha value is -1.40. The van der Waals surface area contributed by atoms with E-state index in [1.165, 1.54) is 0 Å². The molecule has 0 aliphatic rings. The SMILES string of the molecule is Cc1nc(N)c(C)c(NCC(C)(O)CN(C)C)n1. The molecule has 0 spiro atoms. The second-order valence-electron chi connectivity index (χ2n) is 5.22. The molecule has 0 fully saturated rings. The fraction of sp³-hybridized carbons (Fsp3) is 0.667. The third kappa shape index (κ3) is 4.12. The molecule has 1 unspecified atom stereocenters. The summed E-state index contributed by atoms with van der Waals surface area (Å²) in [5.41, 5.74) is 5.76. The van der Waals surface area contributed by atoms with Gasteiger partial charge in [0.05, 0.1) is 5.60 Å². The van der Waals surface area contributed by atoms with Crippen molar-refractivity contribution < 1.29 is 5.11 Å². The predicted molar refractivity (Wildman–Crippen MR) is 73.6 cm³/mol. The fourth-order valence-electron chi connectivity index (χ4n) is 1.83. The van der Waals surface area contributed by atoms with Gasteiger partial charge < -0.3 is 21.1 Å². The first-order chi connectivity index (χ1) is 8.21. The summed E-state index contributed by atoms with van der Waals surface area (Å²) < 4.78 is 0. The molecule has 1 heterocycles. The molecule has 0 saturated carbocycles. The summed E-state index contributed by atoms with van der Waals surface area (Å²) in [7, 11) is 3.85. The molecule has 0 aliphatic carbocycles. The number of rotatable bonds is 5. The van der Waals surface area contributed by atoms with Crippen molar-refractivity contribution in [1.29, 1.82) is 0 Å². The third-order valence-electron chi connectivity index (χ3n) is 2.59. The van der Waals surface area contributed by atoms with Gasteiger partial charge in [-0.25, -0.2) is 9.97 Å². The number of nitrogen functional groups attached to an aromatic ring is 1. The maximum absolute atomic E-state index is 10.2. The minimum absolute atomic E-state index is 0.405. The minimum Gasteiger partial charge on any atom is -0.387 e. The first-order valence-electron chi connectivity index (χ1n) is 5.93. The maximum atomic E-state index is 10.2. The molecule has 1 rings (SSSR count). The van der Waals surface area contributed by atoms with Crippen LogP contribution in [0.3, 0.4) is 0 Å². The number of nitrogens with zero attached hydrogens (tertiary/aromatic N) is 3. The Kier molecular flexibility index (Phi) is 4.48. The minimum atomic E-state index is -0.830. The van der Waals surface area contributed by atoms with E-state index in [0.29, 0.717) is 30.5 Å². The molecule has 1 atom stereocenters. The van der Waals surface area contributed by atoms with Gasteiger partial charge in [0, 0.05) is 18.7 Å². The molecule has 1 aromatic heterocycles. The monoisotopic (exact) mass is 253 g/mol. The van der Waals surface area contributed by atoms with E-state index >= 15 is 0 Å². The molecule has 102 valence electrons. The van der Waals surface area contributed by atoms with Crippen molar-refractivity contribution in [3.05, 3.63) is 11.4 Å². The lowest BCUT2D eigenvalue weighted by Crippen LogP contribution is -2.43. The van der Waals surface area contributed by atoms with Crippen molar-refractivity contribution >= 4 is 11.6 Å². The Labute approximate surface area is 108 Å². The molecule has 0 bridgehead atoms. The van der Waals surface area contributed by atoms with E-state index in [0.717, 1.165) is 5.56 Å². The summed E-state index contributed by atoms with van der Waals surface area (Å²) in [6.45, 7) is 6.41. The Balaban J connectivity index is 2.74. The van der Waals surface area contributed by atoms with Crippen molar-refractivity contribution in [2.75, 3.05) is 38.2 Å². The lowest BCUT2D eigenvalue weighted by atomic mass is 10.1. The van der Waals surface area contributed by atoms with E-state index in [1.807, 2.05) is 25.9 Å². The number of aliphatic hydroxyl groups is 1. The number of hydrogen-bond acceptors (Lipinski definition) is 6. The van der Waals surface area contributed by atoms with Crippen molar-refractivity contribution in [2.24, 2.45) is 0 Å². The van der Waals surface area contributed by atoms with Crippen molar-refractivity contribution in [3.8, 4) is 0 Å². The second-order valence-corrected chi connectivity index (χ2v) is 5.22. The first-order valence-corrected chi connectivity index (χ1v) is 5.93. The van der Waals surface area contributed by atoms with Gasteiger partial charge in [-0.2, -0.15) is 0 Å². The van der Waals surface area contributed by atoms with E-state index in [2.05, 4.69) is 15.3 Å². The molecular formula is C12H23N5O. The normalized spacial score (nSPS) is 14.6. The zero-order valence-electron chi connectivity index (χ0n) is 11.8. The number of nitrogens with one attached hydrogen (secondary N) is 1. The quantitative estimate of drug-likeness (QED) is 0.704. The highest BCUT2D eigenvalue weighted by atomic mass is 16.3. The number of anilines is 2. The Morgan fingerprint density at radius 1 is 1.33 bits per heavy atom. The molecule has 0 aliphatic heterocycles. The van der Waals surface area contributed by atoms with Crippen LogP contribution in [0.2, 0.25) is 0 Å². The molecule has 0 amide bonds.